The summed E-state index contributed by atoms with van der Waals surface area (Å²) in [6.45, 7) is 1.18. The highest BCUT2D eigenvalue weighted by atomic mass is 79.9. The summed E-state index contributed by atoms with van der Waals surface area (Å²) >= 11 is 9.26. The van der Waals surface area contributed by atoms with Gasteiger partial charge in [0, 0.05) is 17.1 Å². The third kappa shape index (κ3) is 3.51. The quantitative estimate of drug-likeness (QED) is 0.900. The van der Waals surface area contributed by atoms with Crippen molar-refractivity contribution in [2.24, 2.45) is 0 Å². The van der Waals surface area contributed by atoms with Gasteiger partial charge in [0.05, 0.1) is 10.7 Å². The van der Waals surface area contributed by atoms with Crippen molar-refractivity contribution >= 4 is 27.5 Å². The van der Waals surface area contributed by atoms with Crippen LogP contribution in [0.25, 0.3) is 0 Å². The van der Waals surface area contributed by atoms with E-state index in [4.69, 9.17) is 20.8 Å². The van der Waals surface area contributed by atoms with E-state index in [0.717, 1.165) is 28.1 Å². The third-order valence-corrected chi connectivity index (χ3v) is 3.21. The van der Waals surface area contributed by atoms with Gasteiger partial charge in [-0.25, -0.2) is 0 Å². The lowest BCUT2D eigenvalue weighted by Gasteiger charge is -2.06. The Bertz CT molecular complexity index is 527. The van der Waals surface area contributed by atoms with E-state index in [2.05, 4.69) is 21.2 Å². The van der Waals surface area contributed by atoms with E-state index in [1.807, 2.05) is 19.2 Å². The van der Waals surface area contributed by atoms with Gasteiger partial charge in [-0.05, 0) is 47.2 Å². The van der Waals surface area contributed by atoms with E-state index in [-0.39, 0.29) is 0 Å². The molecule has 2 aromatic rings. The molecule has 0 aliphatic heterocycles. The molecule has 5 heteroatoms. The van der Waals surface area contributed by atoms with Gasteiger partial charge in [-0.1, -0.05) is 11.6 Å². The van der Waals surface area contributed by atoms with Crippen molar-refractivity contribution in [2.45, 2.75) is 13.2 Å². The summed E-state index contributed by atoms with van der Waals surface area (Å²) < 4.78 is 11.9. The molecule has 1 aromatic carbocycles. The monoisotopic (exact) mass is 329 g/mol. The van der Waals surface area contributed by atoms with E-state index in [0.29, 0.717) is 11.6 Å². The van der Waals surface area contributed by atoms with Gasteiger partial charge in [0.1, 0.15) is 18.1 Å². The Morgan fingerprint density at radius 3 is 2.94 bits per heavy atom. The molecule has 0 saturated carbocycles. The average molecular weight is 331 g/mol. The average Bonchev–Trinajstić information content (AvgIpc) is 2.76. The topological polar surface area (TPSA) is 34.4 Å². The van der Waals surface area contributed by atoms with Crippen molar-refractivity contribution in [2.75, 3.05) is 7.05 Å². The number of rotatable bonds is 5. The lowest BCUT2D eigenvalue weighted by Crippen LogP contribution is -2.03. The summed E-state index contributed by atoms with van der Waals surface area (Å²) in [7, 11) is 1.90. The molecule has 2 rings (SSSR count). The van der Waals surface area contributed by atoms with E-state index in [1.54, 1.807) is 18.4 Å². The van der Waals surface area contributed by atoms with Crippen LogP contribution in [0.1, 0.15) is 11.3 Å². The molecule has 1 heterocycles. The number of halogens is 2. The zero-order valence-electron chi connectivity index (χ0n) is 9.87. The SMILES string of the molecule is CNCc1coc(COc2ccc(Cl)cc2Br)c1. The number of benzene rings is 1. The number of ether oxygens (including phenoxy) is 1. The highest BCUT2D eigenvalue weighted by molar-refractivity contribution is 9.10. The molecule has 96 valence electrons. The van der Waals surface area contributed by atoms with Crippen molar-refractivity contribution in [3.63, 3.8) is 0 Å². The number of hydrogen-bond donors (Lipinski definition) is 1. The van der Waals surface area contributed by atoms with Gasteiger partial charge < -0.3 is 14.5 Å². The van der Waals surface area contributed by atoms with E-state index < -0.39 is 0 Å². The first kappa shape index (κ1) is 13.5. The second-order valence-electron chi connectivity index (χ2n) is 3.82. The lowest BCUT2D eigenvalue weighted by atomic mass is 10.3. The maximum atomic E-state index is 5.86. The minimum absolute atomic E-state index is 0.393. The van der Waals surface area contributed by atoms with Crippen LogP contribution in [-0.4, -0.2) is 7.05 Å². The van der Waals surface area contributed by atoms with Gasteiger partial charge >= 0.3 is 0 Å². The molecule has 0 aliphatic rings. The van der Waals surface area contributed by atoms with Crippen molar-refractivity contribution in [3.05, 3.63) is 51.3 Å². The molecular formula is C13H13BrClNO2. The summed E-state index contributed by atoms with van der Waals surface area (Å²) in [5.74, 6) is 1.54. The summed E-state index contributed by atoms with van der Waals surface area (Å²) in [5, 5.41) is 3.73. The first-order valence-corrected chi connectivity index (χ1v) is 6.65. The highest BCUT2D eigenvalue weighted by Gasteiger charge is 2.05. The molecule has 0 fully saturated rings. The van der Waals surface area contributed by atoms with E-state index >= 15 is 0 Å². The fourth-order valence-corrected chi connectivity index (χ4v) is 2.34. The fourth-order valence-electron chi connectivity index (χ4n) is 1.54. The summed E-state index contributed by atoms with van der Waals surface area (Å²) in [6, 6.07) is 7.38. The fraction of sp³-hybridized carbons (Fsp3) is 0.231. The molecule has 18 heavy (non-hydrogen) atoms. The Balaban J connectivity index is 1.97. The van der Waals surface area contributed by atoms with Crippen LogP contribution in [0.5, 0.6) is 5.75 Å². The van der Waals surface area contributed by atoms with Crippen molar-refractivity contribution in [3.8, 4) is 5.75 Å². The molecule has 1 aromatic heterocycles. The van der Waals surface area contributed by atoms with Gasteiger partial charge in [-0.2, -0.15) is 0 Å². The summed E-state index contributed by atoms with van der Waals surface area (Å²) in [5.41, 5.74) is 1.10. The first-order chi connectivity index (χ1) is 8.69. The molecule has 0 bridgehead atoms. The minimum atomic E-state index is 0.393. The minimum Gasteiger partial charge on any atom is -0.484 e. The largest absolute Gasteiger partial charge is 0.484 e. The van der Waals surface area contributed by atoms with Crippen molar-refractivity contribution < 1.29 is 9.15 Å². The molecule has 0 atom stereocenters. The molecule has 0 radical (unpaired) electrons. The molecule has 0 unspecified atom stereocenters. The van der Waals surface area contributed by atoms with Crippen LogP contribution in [0.3, 0.4) is 0 Å². The second-order valence-corrected chi connectivity index (χ2v) is 5.11. The molecular weight excluding hydrogens is 318 g/mol. The van der Waals surface area contributed by atoms with Crippen LogP contribution >= 0.6 is 27.5 Å². The third-order valence-electron chi connectivity index (χ3n) is 2.35. The van der Waals surface area contributed by atoms with Crippen molar-refractivity contribution in [1.29, 1.82) is 0 Å². The van der Waals surface area contributed by atoms with Crippen LogP contribution in [0, 0.1) is 0 Å². The van der Waals surface area contributed by atoms with Crippen LogP contribution in [0.4, 0.5) is 0 Å². The summed E-state index contributed by atoms with van der Waals surface area (Å²) in [4.78, 5) is 0. The van der Waals surface area contributed by atoms with Crippen LogP contribution in [0.2, 0.25) is 5.02 Å². The smallest absolute Gasteiger partial charge is 0.146 e. The maximum absolute atomic E-state index is 5.86. The molecule has 0 aliphatic carbocycles. The number of hydrogen-bond acceptors (Lipinski definition) is 3. The Kier molecular flexibility index (Phi) is 4.69. The van der Waals surface area contributed by atoms with E-state index in [1.165, 1.54) is 0 Å². The molecule has 0 saturated heterocycles. The Hall–Kier alpha value is -0.970. The normalized spacial score (nSPS) is 10.6. The van der Waals surface area contributed by atoms with E-state index in [9.17, 15) is 0 Å². The lowest BCUT2D eigenvalue weighted by molar-refractivity contribution is 0.269. The van der Waals surface area contributed by atoms with Crippen LogP contribution in [0.15, 0.2) is 39.4 Å². The Labute approximate surface area is 119 Å². The zero-order chi connectivity index (χ0) is 13.0. The first-order valence-electron chi connectivity index (χ1n) is 5.48. The molecule has 0 amide bonds. The van der Waals surface area contributed by atoms with Gasteiger partial charge in [0.15, 0.2) is 0 Å². The van der Waals surface area contributed by atoms with Crippen LogP contribution < -0.4 is 10.1 Å². The molecule has 3 nitrogen and oxygen atoms in total. The van der Waals surface area contributed by atoms with Gasteiger partial charge in [-0.3, -0.25) is 0 Å². The predicted octanol–water partition coefficient (Wildman–Crippen LogP) is 3.99. The molecule has 1 N–H and O–H groups in total. The van der Waals surface area contributed by atoms with Gasteiger partial charge in [-0.15, -0.1) is 0 Å². The van der Waals surface area contributed by atoms with Crippen LogP contribution in [-0.2, 0) is 13.2 Å². The van der Waals surface area contributed by atoms with Gasteiger partial charge in [0.2, 0.25) is 0 Å². The molecule has 0 spiro atoms. The predicted molar refractivity (Wildman–Crippen MR) is 75.0 cm³/mol. The highest BCUT2D eigenvalue weighted by Crippen LogP contribution is 2.28. The Morgan fingerprint density at radius 2 is 2.22 bits per heavy atom. The maximum Gasteiger partial charge on any atom is 0.146 e. The number of nitrogens with one attached hydrogen (secondary N) is 1. The number of furan rings is 1. The standard InChI is InChI=1S/C13H13BrClNO2/c1-16-6-9-4-11(17-7-9)8-18-13-3-2-10(15)5-12(13)14/h2-5,7,16H,6,8H2,1H3. The Morgan fingerprint density at radius 1 is 1.39 bits per heavy atom. The summed E-state index contributed by atoms with van der Waals surface area (Å²) in [6.07, 6.45) is 1.73. The second kappa shape index (κ2) is 6.27. The van der Waals surface area contributed by atoms with Crippen molar-refractivity contribution in [1.82, 2.24) is 5.32 Å². The van der Waals surface area contributed by atoms with Gasteiger partial charge in [0.25, 0.3) is 0 Å². The zero-order valence-corrected chi connectivity index (χ0v) is 12.2.